The molecule has 6 heteroatoms. The third-order valence-electron chi connectivity index (χ3n) is 3.71. The number of aromatic nitrogens is 3. The van der Waals surface area contributed by atoms with Gasteiger partial charge in [-0.2, -0.15) is 0 Å². The van der Waals surface area contributed by atoms with Gasteiger partial charge in [0.05, 0.1) is 17.4 Å². The first-order valence-corrected chi connectivity index (χ1v) is 8.90. The molecule has 24 heavy (non-hydrogen) atoms. The van der Waals surface area contributed by atoms with Gasteiger partial charge < -0.3 is 9.88 Å². The molecule has 1 aromatic carbocycles. The maximum absolute atomic E-state index is 12.6. The second kappa shape index (κ2) is 7.88. The number of benzene rings is 1. The van der Waals surface area contributed by atoms with Gasteiger partial charge >= 0.3 is 0 Å². The first-order valence-electron chi connectivity index (χ1n) is 8.02. The van der Waals surface area contributed by atoms with Gasteiger partial charge in [-0.25, -0.2) is 9.97 Å². The Balaban J connectivity index is 1.76. The highest BCUT2D eigenvalue weighted by molar-refractivity contribution is 7.09. The molecule has 2 heterocycles. The minimum atomic E-state index is -0.137. The molecule has 5 nitrogen and oxygen atoms in total. The van der Waals surface area contributed by atoms with Gasteiger partial charge in [0.25, 0.3) is 5.91 Å². The molecule has 0 saturated carbocycles. The van der Waals surface area contributed by atoms with Crippen LogP contribution in [0.3, 0.4) is 0 Å². The summed E-state index contributed by atoms with van der Waals surface area (Å²) in [5.74, 6) is -0.137. The molecule has 0 aliphatic rings. The average molecular weight is 340 g/mol. The highest BCUT2D eigenvalue weighted by Gasteiger charge is 2.18. The van der Waals surface area contributed by atoms with Crippen molar-refractivity contribution in [1.82, 2.24) is 19.9 Å². The Hall–Kier alpha value is -2.47. The zero-order chi connectivity index (χ0) is 16.8. The molecule has 124 valence electrons. The number of carbonyl (C=O) groups is 1. The predicted octanol–water partition coefficient (Wildman–Crippen LogP) is 3.46. The summed E-state index contributed by atoms with van der Waals surface area (Å²) in [7, 11) is 0. The van der Waals surface area contributed by atoms with Gasteiger partial charge in [-0.05, 0) is 18.4 Å². The second-order valence-electron chi connectivity index (χ2n) is 5.57. The molecule has 0 aliphatic heterocycles. The molecular formula is C18H20N4OS. The SMILES string of the molecule is CCCc1nc(C(=O)N[C@@H](Cn2ccnc2)c2ccccc2)cs1. The van der Waals surface area contributed by atoms with Gasteiger partial charge in [-0.3, -0.25) is 4.79 Å². The van der Waals surface area contributed by atoms with Crippen molar-refractivity contribution >= 4 is 17.2 Å². The summed E-state index contributed by atoms with van der Waals surface area (Å²) in [5, 5.41) is 5.94. The fraction of sp³-hybridized carbons (Fsp3) is 0.278. The first-order chi connectivity index (χ1) is 11.8. The lowest BCUT2D eigenvalue weighted by Gasteiger charge is -2.19. The molecule has 0 unspecified atom stereocenters. The summed E-state index contributed by atoms with van der Waals surface area (Å²) in [4.78, 5) is 21.1. The molecule has 0 saturated heterocycles. The molecule has 0 radical (unpaired) electrons. The van der Waals surface area contributed by atoms with Crippen molar-refractivity contribution in [3.63, 3.8) is 0 Å². The van der Waals surface area contributed by atoms with E-state index in [4.69, 9.17) is 0 Å². The number of amides is 1. The van der Waals surface area contributed by atoms with E-state index in [9.17, 15) is 4.79 Å². The zero-order valence-corrected chi connectivity index (χ0v) is 14.4. The summed E-state index contributed by atoms with van der Waals surface area (Å²) < 4.78 is 1.96. The van der Waals surface area contributed by atoms with E-state index in [0.717, 1.165) is 23.4 Å². The van der Waals surface area contributed by atoms with E-state index >= 15 is 0 Å². The molecule has 0 fully saturated rings. The van der Waals surface area contributed by atoms with Gasteiger partial charge in [0.15, 0.2) is 0 Å². The predicted molar refractivity (Wildman–Crippen MR) is 95.0 cm³/mol. The van der Waals surface area contributed by atoms with Crippen LogP contribution in [0.2, 0.25) is 0 Å². The monoisotopic (exact) mass is 340 g/mol. The average Bonchev–Trinajstić information content (AvgIpc) is 3.27. The lowest BCUT2D eigenvalue weighted by atomic mass is 10.1. The minimum absolute atomic E-state index is 0.135. The maximum Gasteiger partial charge on any atom is 0.271 e. The number of nitrogens with zero attached hydrogens (tertiary/aromatic N) is 3. The van der Waals surface area contributed by atoms with Crippen LogP contribution in [0.1, 0.15) is 40.4 Å². The van der Waals surface area contributed by atoms with Crippen molar-refractivity contribution < 1.29 is 4.79 Å². The fourth-order valence-electron chi connectivity index (χ4n) is 2.50. The van der Waals surface area contributed by atoms with Gasteiger partial charge in [-0.1, -0.05) is 37.3 Å². The summed E-state index contributed by atoms with van der Waals surface area (Å²) in [5.41, 5.74) is 1.55. The summed E-state index contributed by atoms with van der Waals surface area (Å²) in [6, 6.07) is 9.83. The van der Waals surface area contributed by atoms with Crippen molar-refractivity contribution in [1.29, 1.82) is 0 Å². The van der Waals surface area contributed by atoms with E-state index < -0.39 is 0 Å². The van der Waals surface area contributed by atoms with E-state index in [0.29, 0.717) is 12.2 Å². The second-order valence-corrected chi connectivity index (χ2v) is 6.52. The number of nitrogens with one attached hydrogen (secondary N) is 1. The number of hydrogen-bond donors (Lipinski definition) is 1. The van der Waals surface area contributed by atoms with Crippen LogP contribution in [0.25, 0.3) is 0 Å². The van der Waals surface area contributed by atoms with Crippen molar-refractivity contribution in [2.75, 3.05) is 0 Å². The van der Waals surface area contributed by atoms with Crippen LogP contribution in [-0.2, 0) is 13.0 Å². The number of hydrogen-bond acceptors (Lipinski definition) is 4. The standard InChI is InChI=1S/C18H20N4OS/c1-2-6-17-20-16(12-24-17)18(23)21-15(11-22-10-9-19-13-22)14-7-4-3-5-8-14/h3-5,7-10,12-13,15H,2,6,11H2,1H3,(H,21,23)/t15-/m0/s1. The van der Waals surface area contributed by atoms with Crippen molar-refractivity contribution in [3.8, 4) is 0 Å². The summed E-state index contributed by atoms with van der Waals surface area (Å²) in [6.45, 7) is 2.74. The van der Waals surface area contributed by atoms with E-state index in [1.807, 2.05) is 46.5 Å². The van der Waals surface area contributed by atoms with Crippen LogP contribution in [-0.4, -0.2) is 20.4 Å². The number of aryl methyl sites for hydroxylation is 1. The molecular weight excluding hydrogens is 320 g/mol. The zero-order valence-electron chi connectivity index (χ0n) is 13.6. The van der Waals surface area contributed by atoms with Gasteiger partial charge in [0, 0.05) is 24.3 Å². The maximum atomic E-state index is 12.6. The summed E-state index contributed by atoms with van der Waals surface area (Å²) in [6.07, 6.45) is 7.33. The Bertz CT molecular complexity index is 767. The van der Waals surface area contributed by atoms with Crippen LogP contribution in [0.15, 0.2) is 54.4 Å². The number of carbonyl (C=O) groups excluding carboxylic acids is 1. The van der Waals surface area contributed by atoms with Crippen LogP contribution in [0.5, 0.6) is 0 Å². The highest BCUT2D eigenvalue weighted by atomic mass is 32.1. The molecule has 1 amide bonds. The van der Waals surface area contributed by atoms with E-state index in [-0.39, 0.29) is 11.9 Å². The van der Waals surface area contributed by atoms with Crippen molar-refractivity contribution in [2.24, 2.45) is 0 Å². The topological polar surface area (TPSA) is 59.8 Å². The lowest BCUT2D eigenvalue weighted by molar-refractivity contribution is 0.0928. The minimum Gasteiger partial charge on any atom is -0.342 e. The Morgan fingerprint density at radius 1 is 1.33 bits per heavy atom. The van der Waals surface area contributed by atoms with Crippen LogP contribution >= 0.6 is 11.3 Å². The highest BCUT2D eigenvalue weighted by Crippen LogP contribution is 2.17. The van der Waals surface area contributed by atoms with Crippen LogP contribution < -0.4 is 5.32 Å². The van der Waals surface area contributed by atoms with E-state index in [1.54, 1.807) is 23.9 Å². The van der Waals surface area contributed by atoms with E-state index in [2.05, 4.69) is 22.2 Å². The Morgan fingerprint density at radius 3 is 2.88 bits per heavy atom. The molecule has 0 spiro atoms. The lowest BCUT2D eigenvalue weighted by Crippen LogP contribution is -2.31. The molecule has 0 bridgehead atoms. The molecule has 3 rings (SSSR count). The number of thiazole rings is 1. The number of rotatable bonds is 7. The summed E-state index contributed by atoms with van der Waals surface area (Å²) >= 11 is 1.54. The van der Waals surface area contributed by atoms with E-state index in [1.165, 1.54) is 0 Å². The quantitative estimate of drug-likeness (QED) is 0.716. The fourth-order valence-corrected chi connectivity index (χ4v) is 3.38. The Labute approximate surface area is 145 Å². The van der Waals surface area contributed by atoms with Crippen molar-refractivity contribution in [2.45, 2.75) is 32.4 Å². The largest absolute Gasteiger partial charge is 0.342 e. The van der Waals surface area contributed by atoms with Gasteiger partial charge in [0.1, 0.15) is 5.69 Å². The molecule has 0 aliphatic carbocycles. The molecule has 1 atom stereocenters. The van der Waals surface area contributed by atoms with Gasteiger partial charge in [-0.15, -0.1) is 11.3 Å². The normalized spacial score (nSPS) is 12.0. The van der Waals surface area contributed by atoms with Gasteiger partial charge in [0.2, 0.25) is 0 Å². The Morgan fingerprint density at radius 2 is 2.17 bits per heavy atom. The van der Waals surface area contributed by atoms with Crippen LogP contribution in [0.4, 0.5) is 0 Å². The Kier molecular flexibility index (Phi) is 5.38. The third kappa shape index (κ3) is 4.08. The molecule has 2 aromatic heterocycles. The first kappa shape index (κ1) is 16.4. The molecule has 1 N–H and O–H groups in total. The molecule has 3 aromatic rings. The van der Waals surface area contributed by atoms with Crippen molar-refractivity contribution in [3.05, 3.63) is 70.7 Å². The third-order valence-corrected chi connectivity index (χ3v) is 4.62. The van der Waals surface area contributed by atoms with Crippen LogP contribution in [0, 0.1) is 0 Å². The smallest absolute Gasteiger partial charge is 0.271 e. The number of imidazole rings is 1.